The first-order chi connectivity index (χ1) is 9.59. The summed E-state index contributed by atoms with van der Waals surface area (Å²) in [6.45, 7) is -0.990. The van der Waals surface area contributed by atoms with Gasteiger partial charge in [-0.15, -0.1) is 0 Å². The van der Waals surface area contributed by atoms with Crippen LogP contribution in [0.2, 0.25) is 0 Å². The Morgan fingerprint density at radius 2 is 1.81 bits per heavy atom. The number of carbonyl (C=O) groups excluding carboxylic acids is 1. The van der Waals surface area contributed by atoms with Gasteiger partial charge in [-0.3, -0.25) is 0 Å². The molecule has 0 aliphatic heterocycles. The Balaban J connectivity index is 2.98. The Hall–Kier alpha value is -2.39. The number of urea groups is 1. The number of aromatic carboxylic acids is 1. The van der Waals surface area contributed by atoms with Crippen LogP contribution in [0.25, 0.3) is 0 Å². The first-order valence-electron chi connectivity index (χ1n) is 5.38. The van der Waals surface area contributed by atoms with E-state index in [4.69, 9.17) is 5.11 Å². The van der Waals surface area contributed by atoms with Crippen LogP contribution in [0.4, 0.5) is 32.4 Å². The van der Waals surface area contributed by atoms with Crippen molar-refractivity contribution in [1.29, 1.82) is 0 Å². The van der Waals surface area contributed by atoms with Crippen LogP contribution in [-0.2, 0) is 6.18 Å². The number of hydrogen-bond donors (Lipinski definition) is 3. The number of carbonyl (C=O) groups is 2. The quantitative estimate of drug-likeness (QED) is 0.748. The molecule has 0 saturated heterocycles. The maximum atomic E-state index is 12.6. The average Bonchev–Trinajstić information content (AvgIpc) is 2.34. The van der Waals surface area contributed by atoms with E-state index in [-0.39, 0.29) is 0 Å². The van der Waals surface area contributed by atoms with E-state index in [1.165, 1.54) is 0 Å². The van der Waals surface area contributed by atoms with Gasteiger partial charge in [0.2, 0.25) is 0 Å². The summed E-state index contributed by atoms with van der Waals surface area (Å²) in [6.07, 6.45) is -7.65. The number of amides is 2. The van der Waals surface area contributed by atoms with Gasteiger partial charge < -0.3 is 15.7 Å². The molecule has 2 amide bonds. The predicted molar refractivity (Wildman–Crippen MR) is 61.4 cm³/mol. The van der Waals surface area contributed by atoms with Crippen LogP contribution in [0, 0.1) is 0 Å². The zero-order valence-corrected chi connectivity index (χ0v) is 10.2. The molecule has 0 unspecified atom stereocenters. The zero-order chi connectivity index (χ0) is 16.2. The molecule has 0 saturated carbocycles. The maximum Gasteiger partial charge on any atom is 0.416 e. The third-order valence-corrected chi connectivity index (χ3v) is 2.18. The lowest BCUT2D eigenvalue weighted by atomic mass is 10.1. The lowest BCUT2D eigenvalue weighted by Crippen LogP contribution is -2.32. The molecule has 0 fully saturated rings. The summed E-state index contributed by atoms with van der Waals surface area (Å²) in [6, 6.07) is 0.490. The molecule has 0 radical (unpaired) electrons. The zero-order valence-electron chi connectivity index (χ0n) is 10.2. The highest BCUT2D eigenvalue weighted by atomic mass is 19.4. The Kier molecular flexibility index (Phi) is 5.06. The molecule has 0 atom stereocenters. The SMILES string of the molecule is O=C(NCC(F)F)Nc1cc(C(=O)O)cc(C(F)(F)F)c1. The van der Waals surface area contributed by atoms with Crippen molar-refractivity contribution >= 4 is 17.7 Å². The monoisotopic (exact) mass is 312 g/mol. The number of hydrogen-bond acceptors (Lipinski definition) is 2. The van der Waals surface area contributed by atoms with E-state index in [2.05, 4.69) is 0 Å². The Bertz CT molecular complexity index is 545. The molecule has 116 valence electrons. The van der Waals surface area contributed by atoms with Crippen LogP contribution < -0.4 is 10.6 Å². The average molecular weight is 312 g/mol. The van der Waals surface area contributed by atoms with Crippen molar-refractivity contribution < 1.29 is 36.6 Å². The summed E-state index contributed by atoms with van der Waals surface area (Å²) in [4.78, 5) is 21.9. The number of benzene rings is 1. The third-order valence-electron chi connectivity index (χ3n) is 2.18. The first kappa shape index (κ1) is 16.7. The minimum atomic E-state index is -4.82. The Morgan fingerprint density at radius 1 is 1.19 bits per heavy atom. The van der Waals surface area contributed by atoms with E-state index < -0.39 is 48.0 Å². The highest BCUT2D eigenvalue weighted by Gasteiger charge is 2.32. The van der Waals surface area contributed by atoms with E-state index in [0.29, 0.717) is 12.1 Å². The highest BCUT2D eigenvalue weighted by molar-refractivity contribution is 5.93. The maximum absolute atomic E-state index is 12.6. The molecule has 1 rings (SSSR count). The fourth-order valence-corrected chi connectivity index (χ4v) is 1.33. The van der Waals surface area contributed by atoms with Crippen molar-refractivity contribution in [3.63, 3.8) is 0 Å². The number of carboxylic acid groups (broad SMARTS) is 1. The number of halogens is 5. The van der Waals surface area contributed by atoms with Gasteiger partial charge in [-0.2, -0.15) is 13.2 Å². The van der Waals surface area contributed by atoms with Crippen LogP contribution in [0.15, 0.2) is 18.2 Å². The highest BCUT2D eigenvalue weighted by Crippen LogP contribution is 2.32. The van der Waals surface area contributed by atoms with Gasteiger partial charge >= 0.3 is 18.2 Å². The minimum absolute atomic E-state index is 0.393. The molecule has 0 aliphatic rings. The second kappa shape index (κ2) is 6.37. The smallest absolute Gasteiger partial charge is 0.416 e. The van der Waals surface area contributed by atoms with Gasteiger partial charge in [-0.1, -0.05) is 0 Å². The summed E-state index contributed by atoms with van der Waals surface area (Å²) in [7, 11) is 0. The molecule has 1 aromatic carbocycles. The van der Waals surface area contributed by atoms with Crippen molar-refractivity contribution in [2.24, 2.45) is 0 Å². The molecule has 0 bridgehead atoms. The topological polar surface area (TPSA) is 78.4 Å². The molecular formula is C11H9F5N2O3. The van der Waals surface area contributed by atoms with E-state index in [0.717, 1.165) is 6.07 Å². The fourth-order valence-electron chi connectivity index (χ4n) is 1.33. The van der Waals surface area contributed by atoms with Gasteiger partial charge in [-0.25, -0.2) is 18.4 Å². The fraction of sp³-hybridized carbons (Fsp3) is 0.273. The Morgan fingerprint density at radius 3 is 2.29 bits per heavy atom. The second-order valence-electron chi connectivity index (χ2n) is 3.83. The van der Waals surface area contributed by atoms with E-state index in [9.17, 15) is 31.5 Å². The van der Waals surface area contributed by atoms with Gasteiger partial charge in [0.25, 0.3) is 6.43 Å². The van der Waals surface area contributed by atoms with Gasteiger partial charge in [-0.05, 0) is 18.2 Å². The minimum Gasteiger partial charge on any atom is -0.478 e. The third kappa shape index (κ3) is 5.24. The molecule has 0 aromatic heterocycles. The number of nitrogens with one attached hydrogen (secondary N) is 2. The van der Waals surface area contributed by atoms with Crippen LogP contribution >= 0.6 is 0 Å². The normalized spacial score (nSPS) is 11.3. The van der Waals surface area contributed by atoms with E-state index >= 15 is 0 Å². The summed E-state index contributed by atoms with van der Waals surface area (Å²) in [5.41, 5.74) is -2.46. The van der Waals surface area contributed by atoms with Crippen LogP contribution in [0.1, 0.15) is 15.9 Å². The van der Waals surface area contributed by atoms with Gasteiger partial charge in [0.15, 0.2) is 0 Å². The van der Waals surface area contributed by atoms with Crippen molar-refractivity contribution in [2.45, 2.75) is 12.6 Å². The number of rotatable bonds is 4. The van der Waals surface area contributed by atoms with Gasteiger partial charge in [0, 0.05) is 5.69 Å². The lowest BCUT2D eigenvalue weighted by Gasteiger charge is -2.12. The molecule has 1 aromatic rings. The molecule has 10 heteroatoms. The number of anilines is 1. The van der Waals surface area contributed by atoms with Crippen LogP contribution in [0.5, 0.6) is 0 Å². The van der Waals surface area contributed by atoms with Gasteiger partial charge in [0.05, 0.1) is 17.7 Å². The molecule has 3 N–H and O–H groups in total. The molecule has 0 heterocycles. The van der Waals surface area contributed by atoms with E-state index in [1.807, 2.05) is 5.32 Å². The largest absolute Gasteiger partial charge is 0.478 e. The van der Waals surface area contributed by atoms with Crippen LogP contribution in [-0.4, -0.2) is 30.1 Å². The van der Waals surface area contributed by atoms with Crippen molar-refractivity contribution in [2.75, 3.05) is 11.9 Å². The summed E-state index contributed by atoms with van der Waals surface area (Å²) >= 11 is 0. The standard InChI is InChI=1S/C11H9F5N2O3/c12-8(13)4-17-10(21)18-7-2-5(9(19)20)1-6(3-7)11(14,15)16/h1-3,8H,4H2,(H,19,20)(H2,17,18,21). The number of alkyl halides is 5. The van der Waals surface area contributed by atoms with Crippen molar-refractivity contribution in [1.82, 2.24) is 5.32 Å². The Labute approximate surface area is 114 Å². The van der Waals surface area contributed by atoms with Gasteiger partial charge in [0.1, 0.15) is 0 Å². The first-order valence-corrected chi connectivity index (χ1v) is 5.38. The predicted octanol–water partition coefficient (Wildman–Crippen LogP) is 2.79. The molecule has 0 spiro atoms. The summed E-state index contributed by atoms with van der Waals surface area (Å²) in [5.74, 6) is -1.63. The second-order valence-corrected chi connectivity index (χ2v) is 3.83. The van der Waals surface area contributed by atoms with Crippen LogP contribution in [0.3, 0.4) is 0 Å². The van der Waals surface area contributed by atoms with Crippen molar-refractivity contribution in [3.8, 4) is 0 Å². The molecule has 21 heavy (non-hydrogen) atoms. The summed E-state index contributed by atoms with van der Waals surface area (Å²) in [5, 5.41) is 12.3. The number of carboxylic acids is 1. The van der Waals surface area contributed by atoms with E-state index in [1.54, 1.807) is 5.32 Å². The molecular weight excluding hydrogens is 303 g/mol. The lowest BCUT2D eigenvalue weighted by molar-refractivity contribution is -0.137. The molecule has 0 aliphatic carbocycles. The summed E-state index contributed by atoms with van der Waals surface area (Å²) < 4.78 is 61.5. The molecule has 5 nitrogen and oxygen atoms in total. The van der Waals surface area contributed by atoms with Crippen molar-refractivity contribution in [3.05, 3.63) is 29.3 Å².